The highest BCUT2D eigenvalue weighted by molar-refractivity contribution is 5.91. The van der Waals surface area contributed by atoms with Crippen molar-refractivity contribution in [2.75, 3.05) is 0 Å². The zero-order valence-electron chi connectivity index (χ0n) is 13.3. The lowest BCUT2D eigenvalue weighted by Gasteiger charge is -2.23. The normalized spacial score (nSPS) is 43.3. The predicted molar refractivity (Wildman–Crippen MR) is 79.0 cm³/mol. The summed E-state index contributed by atoms with van der Waals surface area (Å²) < 4.78 is 16.7. The van der Waals surface area contributed by atoms with Crippen molar-refractivity contribution in [2.24, 2.45) is 5.92 Å². The molecule has 2 aliphatic heterocycles. The maximum Gasteiger partial charge on any atom is 0.334 e. The third kappa shape index (κ3) is 2.70. The molecular weight excluding hydrogens is 284 g/mol. The first-order chi connectivity index (χ1) is 10.3. The topological polar surface area (TPSA) is 65.1 Å². The van der Waals surface area contributed by atoms with Crippen LogP contribution in [0.25, 0.3) is 0 Å². The Morgan fingerprint density at radius 3 is 2.91 bits per heavy atom. The predicted octanol–water partition coefficient (Wildman–Crippen LogP) is 2.30. The molecule has 5 nitrogen and oxygen atoms in total. The van der Waals surface area contributed by atoms with Gasteiger partial charge in [-0.2, -0.15) is 0 Å². The largest absolute Gasteiger partial charge is 0.458 e. The molecule has 0 saturated carbocycles. The number of carbonyl (C=O) groups excluding carboxylic acids is 2. The molecule has 0 aromatic carbocycles. The number of hydrogen-bond acceptors (Lipinski definition) is 5. The SMILES string of the molecule is C=C1C(=O)O[C@H]2/C=C(/C)[C@@H](OC(C)=O)C[C@H]3O[C@]3(C)CC[C@@H]12. The van der Waals surface area contributed by atoms with Gasteiger partial charge in [0.25, 0.3) is 0 Å². The second kappa shape index (κ2) is 5.23. The molecule has 2 saturated heterocycles. The van der Waals surface area contributed by atoms with Gasteiger partial charge in [0, 0.05) is 24.8 Å². The molecule has 3 rings (SSSR count). The first-order valence-electron chi connectivity index (χ1n) is 7.73. The van der Waals surface area contributed by atoms with Crippen molar-refractivity contribution in [1.82, 2.24) is 0 Å². The number of ether oxygens (including phenoxy) is 3. The van der Waals surface area contributed by atoms with E-state index in [1.165, 1.54) is 6.92 Å². The van der Waals surface area contributed by atoms with Crippen LogP contribution >= 0.6 is 0 Å². The first-order valence-corrected chi connectivity index (χ1v) is 7.73. The van der Waals surface area contributed by atoms with Crippen LogP contribution in [-0.2, 0) is 23.8 Å². The summed E-state index contributed by atoms with van der Waals surface area (Å²) in [5, 5.41) is 0. The second-order valence-corrected chi connectivity index (χ2v) is 6.70. The highest BCUT2D eigenvalue weighted by Gasteiger charge is 2.54. The average molecular weight is 306 g/mol. The van der Waals surface area contributed by atoms with E-state index in [0.29, 0.717) is 12.0 Å². The van der Waals surface area contributed by atoms with Gasteiger partial charge in [-0.05, 0) is 38.3 Å². The molecule has 3 aliphatic rings. The minimum Gasteiger partial charge on any atom is -0.458 e. The van der Waals surface area contributed by atoms with Crippen LogP contribution in [-0.4, -0.2) is 35.9 Å². The first kappa shape index (κ1) is 15.3. The van der Waals surface area contributed by atoms with E-state index in [0.717, 1.165) is 18.4 Å². The minimum atomic E-state index is -0.337. The number of rotatable bonds is 1. The fraction of sp³-hybridized carbons (Fsp3) is 0.647. The molecule has 2 fully saturated rings. The Hall–Kier alpha value is -1.62. The van der Waals surface area contributed by atoms with E-state index in [1.807, 2.05) is 13.0 Å². The number of esters is 2. The maximum absolute atomic E-state index is 11.8. The summed E-state index contributed by atoms with van der Waals surface area (Å²) in [6, 6.07) is 0. The molecule has 0 spiro atoms. The molecule has 0 bridgehead atoms. The van der Waals surface area contributed by atoms with Gasteiger partial charge < -0.3 is 14.2 Å². The molecule has 0 aromatic heterocycles. The summed E-state index contributed by atoms with van der Waals surface area (Å²) in [4.78, 5) is 23.2. The maximum atomic E-state index is 11.8. The lowest BCUT2D eigenvalue weighted by Crippen LogP contribution is -2.27. The molecular formula is C17H22O5. The van der Waals surface area contributed by atoms with Gasteiger partial charge in [0.2, 0.25) is 0 Å². The fourth-order valence-corrected chi connectivity index (χ4v) is 3.46. The molecule has 0 N–H and O–H groups in total. The fourth-order valence-electron chi connectivity index (χ4n) is 3.46. The van der Waals surface area contributed by atoms with Crippen molar-refractivity contribution in [3.05, 3.63) is 23.8 Å². The molecule has 2 heterocycles. The highest BCUT2D eigenvalue weighted by atomic mass is 16.6. The third-order valence-electron chi connectivity index (χ3n) is 5.01. The smallest absolute Gasteiger partial charge is 0.334 e. The molecule has 0 aromatic rings. The van der Waals surface area contributed by atoms with E-state index < -0.39 is 0 Å². The lowest BCUT2D eigenvalue weighted by molar-refractivity contribution is -0.145. The molecule has 22 heavy (non-hydrogen) atoms. The Kier molecular flexibility index (Phi) is 3.63. The Bertz CT molecular complexity index is 563. The number of fused-ring (bicyclic) bond motifs is 2. The van der Waals surface area contributed by atoms with Crippen LogP contribution in [0, 0.1) is 5.92 Å². The molecule has 5 atom stereocenters. The third-order valence-corrected chi connectivity index (χ3v) is 5.01. The van der Waals surface area contributed by atoms with Crippen molar-refractivity contribution in [2.45, 2.75) is 63.9 Å². The lowest BCUT2D eigenvalue weighted by atomic mass is 9.84. The van der Waals surface area contributed by atoms with Crippen LogP contribution in [0.15, 0.2) is 23.8 Å². The zero-order valence-corrected chi connectivity index (χ0v) is 13.3. The van der Waals surface area contributed by atoms with E-state index in [2.05, 4.69) is 13.5 Å². The molecule has 0 amide bonds. The second-order valence-electron chi connectivity index (χ2n) is 6.70. The van der Waals surface area contributed by atoms with Gasteiger partial charge in [-0.15, -0.1) is 0 Å². The van der Waals surface area contributed by atoms with Crippen LogP contribution in [0.1, 0.15) is 40.0 Å². The van der Waals surface area contributed by atoms with Crippen molar-refractivity contribution in [3.63, 3.8) is 0 Å². The van der Waals surface area contributed by atoms with Gasteiger partial charge in [0.15, 0.2) is 0 Å². The van der Waals surface area contributed by atoms with Crippen molar-refractivity contribution < 1.29 is 23.8 Å². The summed E-state index contributed by atoms with van der Waals surface area (Å²) in [5.74, 6) is -0.678. The zero-order chi connectivity index (χ0) is 16.1. The van der Waals surface area contributed by atoms with E-state index in [-0.39, 0.29) is 41.8 Å². The molecule has 5 heteroatoms. The average Bonchev–Trinajstić information content (AvgIpc) is 2.98. The Morgan fingerprint density at radius 1 is 1.50 bits per heavy atom. The van der Waals surface area contributed by atoms with Gasteiger partial charge in [-0.25, -0.2) is 4.79 Å². The van der Waals surface area contributed by atoms with Crippen LogP contribution < -0.4 is 0 Å². The molecule has 120 valence electrons. The van der Waals surface area contributed by atoms with Crippen molar-refractivity contribution in [1.29, 1.82) is 0 Å². The molecule has 0 radical (unpaired) electrons. The Balaban J connectivity index is 1.90. The summed E-state index contributed by atoms with van der Waals surface area (Å²) in [7, 11) is 0. The van der Waals surface area contributed by atoms with E-state index in [9.17, 15) is 9.59 Å². The van der Waals surface area contributed by atoms with Gasteiger partial charge in [0.05, 0.1) is 11.7 Å². The van der Waals surface area contributed by atoms with E-state index >= 15 is 0 Å². The van der Waals surface area contributed by atoms with E-state index in [1.54, 1.807) is 0 Å². The van der Waals surface area contributed by atoms with Crippen LogP contribution in [0.4, 0.5) is 0 Å². The Labute approximate surface area is 130 Å². The number of hydrogen-bond donors (Lipinski definition) is 0. The summed E-state index contributed by atoms with van der Waals surface area (Å²) in [5.41, 5.74) is 1.22. The Morgan fingerprint density at radius 2 is 2.23 bits per heavy atom. The van der Waals surface area contributed by atoms with Crippen molar-refractivity contribution >= 4 is 11.9 Å². The van der Waals surface area contributed by atoms with Gasteiger partial charge in [0.1, 0.15) is 12.2 Å². The van der Waals surface area contributed by atoms with Crippen LogP contribution in [0.3, 0.4) is 0 Å². The molecule has 1 aliphatic carbocycles. The van der Waals surface area contributed by atoms with E-state index in [4.69, 9.17) is 14.2 Å². The monoisotopic (exact) mass is 306 g/mol. The molecule has 0 unspecified atom stereocenters. The minimum absolute atomic E-state index is 0.0276. The van der Waals surface area contributed by atoms with Gasteiger partial charge >= 0.3 is 11.9 Å². The number of carbonyl (C=O) groups is 2. The van der Waals surface area contributed by atoms with Gasteiger partial charge in [-0.3, -0.25) is 4.79 Å². The number of epoxide rings is 1. The summed E-state index contributed by atoms with van der Waals surface area (Å²) in [6.45, 7) is 9.24. The van der Waals surface area contributed by atoms with Crippen LogP contribution in [0.2, 0.25) is 0 Å². The summed E-state index contributed by atoms with van der Waals surface area (Å²) in [6.07, 6.45) is 3.62. The summed E-state index contributed by atoms with van der Waals surface area (Å²) >= 11 is 0. The highest BCUT2D eigenvalue weighted by Crippen LogP contribution is 2.47. The quantitative estimate of drug-likeness (QED) is 0.322. The standard InChI is InChI=1S/C17H22O5/c1-9-7-14-12(10(2)16(19)21-14)5-6-17(4)15(22-17)8-13(9)20-11(3)18/h7,12-15H,2,5-6,8H2,1,3-4H3/b9-7-/t12-,13-,14-,15+,17+/m0/s1. The van der Waals surface area contributed by atoms with Gasteiger partial charge in [-0.1, -0.05) is 6.58 Å². The van der Waals surface area contributed by atoms with Crippen LogP contribution in [0.5, 0.6) is 0 Å². The van der Waals surface area contributed by atoms with Crippen molar-refractivity contribution in [3.8, 4) is 0 Å².